The Kier molecular flexibility index (Phi) is 3.24. The maximum Gasteiger partial charge on any atom is 0.364 e. The first kappa shape index (κ1) is 8.43. The van der Waals surface area contributed by atoms with Crippen LogP contribution in [0, 0.1) is 0 Å². The van der Waals surface area contributed by atoms with Gasteiger partial charge in [-0.3, -0.25) is 0 Å². The molecule has 3 N–H and O–H groups in total. The van der Waals surface area contributed by atoms with Crippen molar-refractivity contribution < 1.29 is 15.3 Å². The molecule has 0 saturated heterocycles. The van der Waals surface area contributed by atoms with E-state index in [9.17, 15) is 4.79 Å². The fraction of sp³-hybridized carbons (Fsp3) is 0.833. The first-order valence-corrected chi connectivity index (χ1v) is 3.07. The van der Waals surface area contributed by atoms with E-state index in [1.807, 2.05) is 13.8 Å². The summed E-state index contributed by atoms with van der Waals surface area (Å²) < 4.78 is 4.81. The summed E-state index contributed by atoms with van der Waals surface area (Å²) in [5, 5.41) is 0. The van der Waals surface area contributed by atoms with E-state index in [4.69, 9.17) is 4.74 Å². The lowest BCUT2D eigenvalue weighted by molar-refractivity contribution is -0.403. The molecule has 3 nitrogen and oxygen atoms in total. The van der Waals surface area contributed by atoms with Gasteiger partial charge in [0.05, 0.1) is 6.10 Å². The van der Waals surface area contributed by atoms with Crippen LogP contribution in [0.4, 0.5) is 0 Å². The molecular formula is C6H14NO2+. The topological polar surface area (TPSA) is 53.9 Å². The molecule has 0 fully saturated rings. The van der Waals surface area contributed by atoms with Crippen LogP contribution in [0.25, 0.3) is 0 Å². The van der Waals surface area contributed by atoms with Crippen molar-refractivity contribution in [1.82, 2.24) is 0 Å². The van der Waals surface area contributed by atoms with Crippen LogP contribution in [0.3, 0.4) is 0 Å². The third-order valence-corrected chi connectivity index (χ3v) is 0.754. The van der Waals surface area contributed by atoms with Crippen LogP contribution >= 0.6 is 0 Å². The van der Waals surface area contributed by atoms with Gasteiger partial charge in [-0.25, -0.2) is 4.79 Å². The van der Waals surface area contributed by atoms with E-state index in [1.165, 1.54) is 0 Å². The van der Waals surface area contributed by atoms with E-state index in [1.54, 1.807) is 6.92 Å². The second-order valence-electron chi connectivity index (χ2n) is 2.39. The van der Waals surface area contributed by atoms with Crippen molar-refractivity contribution in [2.24, 2.45) is 0 Å². The maximum atomic E-state index is 10.7. The molecule has 0 rings (SSSR count). The van der Waals surface area contributed by atoms with E-state index < -0.39 is 0 Å². The first-order chi connectivity index (χ1) is 4.04. The molecule has 0 aromatic carbocycles. The summed E-state index contributed by atoms with van der Waals surface area (Å²) in [6, 6.07) is -0.257. The van der Waals surface area contributed by atoms with Crippen LogP contribution in [0.2, 0.25) is 0 Å². The molecule has 0 amide bonds. The van der Waals surface area contributed by atoms with Crippen LogP contribution < -0.4 is 5.73 Å². The Morgan fingerprint density at radius 1 is 1.44 bits per heavy atom. The van der Waals surface area contributed by atoms with Gasteiger partial charge in [0.1, 0.15) is 0 Å². The van der Waals surface area contributed by atoms with Crippen molar-refractivity contribution in [3.05, 3.63) is 0 Å². The highest BCUT2D eigenvalue weighted by Gasteiger charge is 2.12. The fourth-order valence-corrected chi connectivity index (χ4v) is 0.348. The average molecular weight is 132 g/mol. The second kappa shape index (κ2) is 3.45. The van der Waals surface area contributed by atoms with Gasteiger partial charge in [0.25, 0.3) is 0 Å². The molecule has 0 bridgehead atoms. The zero-order valence-electron chi connectivity index (χ0n) is 6.18. The van der Waals surface area contributed by atoms with Gasteiger partial charge in [-0.2, -0.15) is 0 Å². The van der Waals surface area contributed by atoms with Crippen LogP contribution in [0.1, 0.15) is 20.8 Å². The minimum Gasteiger partial charge on any atom is -0.459 e. The van der Waals surface area contributed by atoms with Gasteiger partial charge in [0, 0.05) is 0 Å². The lowest BCUT2D eigenvalue weighted by Crippen LogP contribution is -2.63. The Labute approximate surface area is 55.2 Å². The molecule has 1 atom stereocenters. The molecule has 0 saturated carbocycles. The van der Waals surface area contributed by atoms with Crippen molar-refractivity contribution in [2.45, 2.75) is 32.9 Å². The SMILES string of the molecule is CC(C)OC(=O)[C@@H](C)[NH3+]. The lowest BCUT2D eigenvalue weighted by Gasteiger charge is -2.07. The highest BCUT2D eigenvalue weighted by atomic mass is 16.5. The second-order valence-corrected chi connectivity index (χ2v) is 2.39. The Hall–Kier alpha value is -0.570. The van der Waals surface area contributed by atoms with Gasteiger partial charge in [-0.1, -0.05) is 0 Å². The van der Waals surface area contributed by atoms with Gasteiger partial charge >= 0.3 is 5.97 Å². The summed E-state index contributed by atoms with van der Waals surface area (Å²) in [5.74, 6) is -0.231. The predicted molar refractivity (Wildman–Crippen MR) is 33.6 cm³/mol. The number of hydrogen-bond donors (Lipinski definition) is 1. The smallest absolute Gasteiger partial charge is 0.364 e. The van der Waals surface area contributed by atoms with Crippen molar-refractivity contribution >= 4 is 5.97 Å². The number of carbonyl (C=O) groups is 1. The van der Waals surface area contributed by atoms with Crippen molar-refractivity contribution in [3.63, 3.8) is 0 Å². The quantitative estimate of drug-likeness (QED) is 0.518. The molecule has 0 aliphatic rings. The minimum atomic E-state index is -0.257. The van der Waals surface area contributed by atoms with Gasteiger partial charge in [-0.15, -0.1) is 0 Å². The van der Waals surface area contributed by atoms with Crippen LogP contribution in [-0.4, -0.2) is 18.1 Å². The summed E-state index contributed by atoms with van der Waals surface area (Å²) in [5.41, 5.74) is 3.52. The molecule has 0 aliphatic heterocycles. The summed E-state index contributed by atoms with van der Waals surface area (Å²) >= 11 is 0. The van der Waals surface area contributed by atoms with Gasteiger partial charge in [0.15, 0.2) is 6.04 Å². The van der Waals surface area contributed by atoms with Crippen molar-refractivity contribution in [3.8, 4) is 0 Å². The van der Waals surface area contributed by atoms with Gasteiger partial charge < -0.3 is 10.5 Å². The van der Waals surface area contributed by atoms with Crippen molar-refractivity contribution in [2.75, 3.05) is 0 Å². The number of quaternary nitrogens is 1. The Morgan fingerprint density at radius 3 is 2.00 bits per heavy atom. The van der Waals surface area contributed by atoms with E-state index in [0.29, 0.717) is 0 Å². The highest BCUT2D eigenvalue weighted by Crippen LogP contribution is 1.89. The molecule has 3 heteroatoms. The molecule has 0 unspecified atom stereocenters. The summed E-state index contributed by atoms with van der Waals surface area (Å²) in [4.78, 5) is 10.7. The van der Waals surface area contributed by atoms with Crippen LogP contribution in [0.15, 0.2) is 0 Å². The molecule has 0 heterocycles. The highest BCUT2D eigenvalue weighted by molar-refractivity contribution is 5.73. The zero-order chi connectivity index (χ0) is 7.44. The third-order valence-electron chi connectivity index (χ3n) is 0.754. The Morgan fingerprint density at radius 2 is 1.89 bits per heavy atom. The largest absolute Gasteiger partial charge is 0.459 e. The Balaban J connectivity index is 3.51. The molecule has 0 radical (unpaired) electrons. The Bertz CT molecular complexity index is 99.2. The van der Waals surface area contributed by atoms with E-state index in [2.05, 4.69) is 5.73 Å². The normalized spacial score (nSPS) is 13.4. The van der Waals surface area contributed by atoms with Crippen LogP contribution in [0.5, 0.6) is 0 Å². The van der Waals surface area contributed by atoms with E-state index >= 15 is 0 Å². The standard InChI is InChI=1S/C6H13NO2/c1-4(2)9-6(8)5(3)7/h4-5H,7H2,1-3H3/p+1/t5-/m1/s1. The molecule has 0 aromatic heterocycles. The molecule has 0 aliphatic carbocycles. The summed E-state index contributed by atoms with van der Waals surface area (Å²) in [6.07, 6.45) is -0.0262. The summed E-state index contributed by atoms with van der Waals surface area (Å²) in [6.45, 7) is 5.35. The third kappa shape index (κ3) is 3.97. The van der Waals surface area contributed by atoms with Crippen molar-refractivity contribution in [1.29, 1.82) is 0 Å². The zero-order valence-corrected chi connectivity index (χ0v) is 6.18. The van der Waals surface area contributed by atoms with E-state index in [0.717, 1.165) is 0 Å². The fourth-order valence-electron chi connectivity index (χ4n) is 0.348. The van der Waals surface area contributed by atoms with Gasteiger partial charge in [-0.05, 0) is 20.8 Å². The number of esters is 1. The van der Waals surface area contributed by atoms with Gasteiger partial charge in [0.2, 0.25) is 0 Å². The molecule has 0 spiro atoms. The number of hydrogen-bond acceptors (Lipinski definition) is 2. The van der Waals surface area contributed by atoms with E-state index in [-0.39, 0.29) is 18.1 Å². The molecule has 9 heavy (non-hydrogen) atoms. The van der Waals surface area contributed by atoms with Crippen LogP contribution in [-0.2, 0) is 9.53 Å². The molecule has 0 aromatic rings. The average Bonchev–Trinajstić information content (AvgIpc) is 1.63. The summed E-state index contributed by atoms with van der Waals surface area (Å²) in [7, 11) is 0. The minimum absolute atomic E-state index is 0.0262. The predicted octanol–water partition coefficient (Wildman–Crippen LogP) is -0.432. The lowest BCUT2D eigenvalue weighted by atomic mass is 10.4. The monoisotopic (exact) mass is 132 g/mol. The molecular weight excluding hydrogens is 118 g/mol. The number of ether oxygens (including phenoxy) is 1. The number of rotatable bonds is 2. The first-order valence-electron chi connectivity index (χ1n) is 3.07. The number of carbonyl (C=O) groups excluding carboxylic acids is 1. The molecule has 54 valence electrons. The maximum absolute atomic E-state index is 10.7.